The molecule has 2 saturated heterocycles. The number of likely N-dealkylation sites (tertiary alicyclic amines) is 2. The summed E-state index contributed by atoms with van der Waals surface area (Å²) >= 11 is 0. The molecule has 0 bridgehead atoms. The van der Waals surface area contributed by atoms with Crippen molar-refractivity contribution in [3.63, 3.8) is 0 Å². The maximum Gasteiger partial charge on any atom is 0.00187 e. The largest absolute Gasteiger partial charge is 0.316 e. The van der Waals surface area contributed by atoms with Crippen LogP contribution in [-0.2, 0) is 0 Å². The van der Waals surface area contributed by atoms with Crippen molar-refractivity contribution in [1.82, 2.24) is 15.1 Å². The van der Waals surface area contributed by atoms with Gasteiger partial charge in [0.1, 0.15) is 0 Å². The molecule has 0 aromatic rings. The summed E-state index contributed by atoms with van der Waals surface area (Å²) in [7, 11) is 4.49. The van der Waals surface area contributed by atoms with E-state index in [0.29, 0.717) is 0 Å². The van der Waals surface area contributed by atoms with Crippen molar-refractivity contribution in [1.29, 1.82) is 0 Å². The minimum Gasteiger partial charge on any atom is -0.316 e. The highest BCUT2D eigenvalue weighted by atomic mass is 15.1. The Morgan fingerprint density at radius 3 is 2.29 bits per heavy atom. The van der Waals surface area contributed by atoms with Crippen LogP contribution in [-0.4, -0.2) is 63.2 Å². The van der Waals surface area contributed by atoms with E-state index in [0.717, 1.165) is 11.8 Å². The van der Waals surface area contributed by atoms with Crippen LogP contribution in [0.2, 0.25) is 0 Å². The second-order valence-corrected chi connectivity index (χ2v) is 6.18. The van der Waals surface area contributed by atoms with Crippen molar-refractivity contribution in [2.45, 2.75) is 25.7 Å². The average Bonchev–Trinajstić information content (AvgIpc) is 2.32. The highest BCUT2D eigenvalue weighted by Gasteiger charge is 2.19. The molecular weight excluding hydrogens is 210 g/mol. The van der Waals surface area contributed by atoms with Gasteiger partial charge in [-0.05, 0) is 84.3 Å². The minimum atomic E-state index is 0.889. The highest BCUT2D eigenvalue weighted by molar-refractivity contribution is 4.75. The van der Waals surface area contributed by atoms with Crippen LogP contribution < -0.4 is 5.32 Å². The van der Waals surface area contributed by atoms with Gasteiger partial charge in [0.15, 0.2) is 0 Å². The van der Waals surface area contributed by atoms with Crippen molar-refractivity contribution in [2.24, 2.45) is 11.8 Å². The van der Waals surface area contributed by atoms with Crippen LogP contribution in [0.3, 0.4) is 0 Å². The van der Waals surface area contributed by atoms with Crippen LogP contribution in [0.4, 0.5) is 0 Å². The van der Waals surface area contributed by atoms with Crippen LogP contribution >= 0.6 is 0 Å². The van der Waals surface area contributed by atoms with Crippen molar-refractivity contribution in [2.75, 3.05) is 53.4 Å². The van der Waals surface area contributed by atoms with Gasteiger partial charge in [0.2, 0.25) is 0 Å². The zero-order valence-electron chi connectivity index (χ0n) is 11.6. The first kappa shape index (κ1) is 13.3. The van der Waals surface area contributed by atoms with Crippen LogP contribution in [0.25, 0.3) is 0 Å². The molecule has 0 aliphatic carbocycles. The molecular formula is C14H29N3. The molecule has 2 aliphatic rings. The van der Waals surface area contributed by atoms with E-state index in [1.807, 2.05) is 0 Å². The van der Waals surface area contributed by atoms with E-state index in [2.05, 4.69) is 29.2 Å². The van der Waals surface area contributed by atoms with Crippen molar-refractivity contribution in [3.8, 4) is 0 Å². The number of piperidine rings is 2. The predicted octanol–water partition coefficient (Wildman–Crippen LogP) is 1.26. The maximum absolute atomic E-state index is 3.72. The maximum atomic E-state index is 3.72. The monoisotopic (exact) mass is 239 g/mol. The number of hydrogen-bond acceptors (Lipinski definition) is 3. The van der Waals surface area contributed by atoms with Gasteiger partial charge in [-0.1, -0.05) is 0 Å². The van der Waals surface area contributed by atoms with Gasteiger partial charge in [0, 0.05) is 6.54 Å². The van der Waals surface area contributed by atoms with E-state index in [9.17, 15) is 0 Å². The standard InChI is InChI=1S/C14H29N3/c1-16-8-5-13(6-9-16)10-15-11-14-4-3-7-17(2)12-14/h13-15H,3-12H2,1-2H3. The molecule has 0 radical (unpaired) electrons. The molecule has 1 atom stereocenters. The van der Waals surface area contributed by atoms with Crippen molar-refractivity contribution in [3.05, 3.63) is 0 Å². The Morgan fingerprint density at radius 2 is 1.59 bits per heavy atom. The lowest BCUT2D eigenvalue weighted by Crippen LogP contribution is -2.40. The molecule has 2 heterocycles. The first-order chi connectivity index (χ1) is 8.24. The third kappa shape index (κ3) is 4.57. The van der Waals surface area contributed by atoms with Crippen LogP contribution in [0.1, 0.15) is 25.7 Å². The second kappa shape index (κ2) is 6.72. The Hall–Kier alpha value is -0.120. The fourth-order valence-corrected chi connectivity index (χ4v) is 3.20. The molecule has 2 aliphatic heterocycles. The highest BCUT2D eigenvalue weighted by Crippen LogP contribution is 2.16. The third-order valence-corrected chi connectivity index (χ3v) is 4.43. The van der Waals surface area contributed by atoms with E-state index in [-0.39, 0.29) is 0 Å². The Kier molecular flexibility index (Phi) is 5.26. The lowest BCUT2D eigenvalue weighted by molar-refractivity contribution is 0.192. The van der Waals surface area contributed by atoms with Crippen LogP contribution in [0.15, 0.2) is 0 Å². The lowest BCUT2D eigenvalue weighted by atomic mass is 9.95. The van der Waals surface area contributed by atoms with Crippen molar-refractivity contribution < 1.29 is 0 Å². The molecule has 0 spiro atoms. The van der Waals surface area contributed by atoms with Gasteiger partial charge in [0.25, 0.3) is 0 Å². The summed E-state index contributed by atoms with van der Waals surface area (Å²) in [4.78, 5) is 4.93. The first-order valence-corrected chi connectivity index (χ1v) is 7.32. The lowest BCUT2D eigenvalue weighted by Gasteiger charge is -2.32. The van der Waals surface area contributed by atoms with Crippen LogP contribution in [0.5, 0.6) is 0 Å². The number of nitrogens with zero attached hydrogens (tertiary/aromatic N) is 2. The van der Waals surface area contributed by atoms with E-state index in [1.54, 1.807) is 0 Å². The average molecular weight is 239 g/mol. The SMILES string of the molecule is CN1CCC(CNCC2CCCN(C)C2)CC1. The van der Waals surface area contributed by atoms with Gasteiger partial charge in [-0.25, -0.2) is 0 Å². The summed E-state index contributed by atoms with van der Waals surface area (Å²) in [5.41, 5.74) is 0. The smallest absolute Gasteiger partial charge is 0.00187 e. The van der Waals surface area contributed by atoms with E-state index >= 15 is 0 Å². The van der Waals surface area contributed by atoms with Gasteiger partial charge < -0.3 is 15.1 Å². The minimum absolute atomic E-state index is 0.889. The molecule has 0 aromatic carbocycles. The fraction of sp³-hybridized carbons (Fsp3) is 1.00. The molecule has 2 fully saturated rings. The molecule has 1 N–H and O–H groups in total. The Morgan fingerprint density at radius 1 is 0.882 bits per heavy atom. The van der Waals surface area contributed by atoms with E-state index < -0.39 is 0 Å². The number of rotatable bonds is 4. The summed E-state index contributed by atoms with van der Waals surface area (Å²) in [5.74, 6) is 1.81. The van der Waals surface area contributed by atoms with Gasteiger partial charge in [-0.15, -0.1) is 0 Å². The third-order valence-electron chi connectivity index (χ3n) is 4.43. The summed E-state index contributed by atoms with van der Waals surface area (Å²) in [6, 6.07) is 0. The quantitative estimate of drug-likeness (QED) is 0.797. The van der Waals surface area contributed by atoms with Gasteiger partial charge >= 0.3 is 0 Å². The number of nitrogens with one attached hydrogen (secondary N) is 1. The second-order valence-electron chi connectivity index (χ2n) is 6.18. The Bertz CT molecular complexity index is 212. The van der Waals surface area contributed by atoms with Gasteiger partial charge in [-0.2, -0.15) is 0 Å². The molecule has 0 saturated carbocycles. The molecule has 100 valence electrons. The zero-order valence-corrected chi connectivity index (χ0v) is 11.6. The summed E-state index contributed by atoms with van der Waals surface area (Å²) in [6.07, 6.45) is 5.57. The molecule has 3 nitrogen and oxygen atoms in total. The summed E-state index contributed by atoms with van der Waals surface area (Å²) < 4.78 is 0. The van der Waals surface area contributed by atoms with Gasteiger partial charge in [-0.3, -0.25) is 0 Å². The number of hydrogen-bond donors (Lipinski definition) is 1. The van der Waals surface area contributed by atoms with Crippen LogP contribution in [0, 0.1) is 11.8 Å². The first-order valence-electron chi connectivity index (χ1n) is 7.32. The molecule has 0 aromatic heterocycles. The summed E-state index contributed by atoms with van der Waals surface area (Å²) in [6.45, 7) is 7.65. The topological polar surface area (TPSA) is 18.5 Å². The van der Waals surface area contributed by atoms with E-state index in [1.165, 1.54) is 65.0 Å². The predicted molar refractivity (Wildman–Crippen MR) is 73.3 cm³/mol. The van der Waals surface area contributed by atoms with Crippen molar-refractivity contribution >= 4 is 0 Å². The molecule has 2 rings (SSSR count). The Labute approximate surface area is 107 Å². The van der Waals surface area contributed by atoms with Gasteiger partial charge in [0.05, 0.1) is 0 Å². The molecule has 0 amide bonds. The fourth-order valence-electron chi connectivity index (χ4n) is 3.20. The molecule has 17 heavy (non-hydrogen) atoms. The van der Waals surface area contributed by atoms with E-state index in [4.69, 9.17) is 0 Å². The normalized spacial score (nSPS) is 29.6. The molecule has 3 heteroatoms. The molecule has 1 unspecified atom stereocenters. The Balaban J connectivity index is 1.56. The summed E-state index contributed by atoms with van der Waals surface area (Å²) in [5, 5.41) is 3.72. The zero-order chi connectivity index (χ0) is 12.1.